The summed E-state index contributed by atoms with van der Waals surface area (Å²) < 4.78 is 0. The van der Waals surface area contributed by atoms with Crippen molar-refractivity contribution in [1.82, 2.24) is 0 Å². The average Bonchev–Trinajstić information content (AvgIpc) is 1.60. The molecule has 0 N–H and O–H groups in total. The molecule has 0 amide bonds. The molecule has 0 atom stereocenters. The highest BCUT2D eigenvalue weighted by molar-refractivity contribution is 7.52. The number of rotatable bonds is 1. The van der Waals surface area contributed by atoms with Crippen molar-refractivity contribution in [3.63, 3.8) is 0 Å². The average molecular weight is 184 g/mol. The zero-order valence-electron chi connectivity index (χ0n) is 4.88. The summed E-state index contributed by atoms with van der Waals surface area (Å²) in [5.74, 6) is 0. The third-order valence-electron chi connectivity index (χ3n) is 1.52. The summed E-state index contributed by atoms with van der Waals surface area (Å²) in [6.45, 7) is 0.697. The summed E-state index contributed by atoms with van der Waals surface area (Å²) in [5.41, 5.74) is 2.47. The zero-order valence-corrected chi connectivity index (χ0v) is 8.39. The Morgan fingerprint density at radius 2 is 2.00 bits per heavy atom. The molecule has 4 heteroatoms. The second-order valence-corrected chi connectivity index (χ2v) is 14.0. The van der Waals surface area contributed by atoms with Crippen LogP contribution < -0.4 is 0 Å². The lowest BCUT2D eigenvalue weighted by molar-refractivity contribution is 1.34. The SMILES string of the molecule is CC[Si]1C[Si](Cl)(Cl)C1. The largest absolute Gasteiger partial charge is 0.246 e. The molecule has 1 aliphatic rings. The van der Waals surface area contributed by atoms with E-state index in [0.29, 0.717) is 0 Å². The number of hydrogen-bond acceptors (Lipinski definition) is 0. The fourth-order valence-corrected chi connectivity index (χ4v) is 15.2. The van der Waals surface area contributed by atoms with E-state index in [2.05, 4.69) is 6.92 Å². The maximum atomic E-state index is 5.91. The van der Waals surface area contributed by atoms with Crippen LogP contribution in [0.5, 0.6) is 0 Å². The van der Waals surface area contributed by atoms with Gasteiger partial charge in [0.15, 0.2) is 0 Å². The van der Waals surface area contributed by atoms with Gasteiger partial charge in [-0.3, -0.25) is 0 Å². The van der Waals surface area contributed by atoms with Crippen LogP contribution in [-0.4, -0.2) is 15.5 Å². The third kappa shape index (κ3) is 1.50. The van der Waals surface area contributed by atoms with Gasteiger partial charge in [0, 0.05) is 8.80 Å². The summed E-state index contributed by atoms with van der Waals surface area (Å²) in [6, 6.07) is 1.36. The van der Waals surface area contributed by atoms with E-state index < -0.39 is 6.69 Å². The second-order valence-electron chi connectivity index (χ2n) is 2.31. The first-order valence-electron chi connectivity index (χ1n) is 2.85. The number of hydrogen-bond donors (Lipinski definition) is 0. The monoisotopic (exact) mass is 183 g/mol. The van der Waals surface area contributed by atoms with Crippen molar-refractivity contribution in [2.45, 2.75) is 24.3 Å². The Kier molecular flexibility index (Phi) is 2.07. The molecular weight excluding hydrogens is 175 g/mol. The van der Waals surface area contributed by atoms with E-state index in [-0.39, 0.29) is 8.80 Å². The van der Waals surface area contributed by atoms with Gasteiger partial charge < -0.3 is 0 Å². The van der Waals surface area contributed by atoms with Crippen LogP contribution in [0.15, 0.2) is 0 Å². The van der Waals surface area contributed by atoms with Crippen molar-refractivity contribution >= 4 is 37.6 Å². The zero-order chi connectivity index (χ0) is 6.20. The molecule has 0 bridgehead atoms. The summed E-state index contributed by atoms with van der Waals surface area (Å²) in [5, 5.41) is 0. The predicted octanol–water partition coefficient (Wildman–Crippen LogP) is 2.51. The van der Waals surface area contributed by atoms with Crippen molar-refractivity contribution in [2.24, 2.45) is 0 Å². The van der Waals surface area contributed by atoms with Gasteiger partial charge in [-0.15, -0.1) is 22.2 Å². The van der Waals surface area contributed by atoms with E-state index in [4.69, 9.17) is 22.2 Å². The molecule has 0 saturated carbocycles. The van der Waals surface area contributed by atoms with Gasteiger partial charge in [0.05, 0.1) is 0 Å². The Balaban J connectivity index is 2.21. The fourth-order valence-electron chi connectivity index (χ4n) is 0.930. The molecule has 47 valence electrons. The predicted molar refractivity (Wildman–Crippen MR) is 43.3 cm³/mol. The molecule has 1 fully saturated rings. The van der Waals surface area contributed by atoms with E-state index >= 15 is 0 Å². The van der Waals surface area contributed by atoms with Crippen molar-refractivity contribution in [2.75, 3.05) is 0 Å². The van der Waals surface area contributed by atoms with Crippen molar-refractivity contribution in [3.05, 3.63) is 0 Å². The van der Waals surface area contributed by atoms with Crippen LogP contribution in [0.2, 0.25) is 17.4 Å². The van der Waals surface area contributed by atoms with E-state index in [1.807, 2.05) is 0 Å². The maximum absolute atomic E-state index is 5.91. The van der Waals surface area contributed by atoms with Crippen molar-refractivity contribution in [1.29, 1.82) is 0 Å². The van der Waals surface area contributed by atoms with Gasteiger partial charge in [0.1, 0.15) is 0 Å². The smallest absolute Gasteiger partial charge is 0.146 e. The maximum Gasteiger partial charge on any atom is 0.246 e. The standard InChI is InChI=1S/C4H9Cl2Si2/c1-2-7-3-8(5,6)4-7/h2-4H2,1H3. The Morgan fingerprint density at radius 3 is 2.12 bits per heavy atom. The topological polar surface area (TPSA) is 0 Å². The molecule has 0 aromatic rings. The quantitative estimate of drug-likeness (QED) is 0.434. The van der Waals surface area contributed by atoms with Crippen molar-refractivity contribution < 1.29 is 0 Å². The summed E-state index contributed by atoms with van der Waals surface area (Å²) >= 11 is 11.8. The summed E-state index contributed by atoms with van der Waals surface area (Å²) in [6.07, 6.45) is 0. The minimum Gasteiger partial charge on any atom is -0.146 e. The van der Waals surface area contributed by atoms with Crippen molar-refractivity contribution in [3.8, 4) is 0 Å². The first-order valence-corrected chi connectivity index (χ1v) is 9.41. The van der Waals surface area contributed by atoms with Crippen LogP contribution in [0.3, 0.4) is 0 Å². The molecule has 1 saturated heterocycles. The van der Waals surface area contributed by atoms with Gasteiger partial charge in [0.2, 0.25) is 6.69 Å². The molecule has 0 aromatic carbocycles. The van der Waals surface area contributed by atoms with E-state index in [9.17, 15) is 0 Å². The van der Waals surface area contributed by atoms with Crippen LogP contribution in [-0.2, 0) is 0 Å². The number of halogens is 2. The van der Waals surface area contributed by atoms with Gasteiger partial charge in [-0.2, -0.15) is 0 Å². The first-order chi connectivity index (χ1) is 3.64. The van der Waals surface area contributed by atoms with Gasteiger partial charge in [-0.25, -0.2) is 0 Å². The summed E-state index contributed by atoms with van der Waals surface area (Å²) in [7, 11) is 0.00360. The summed E-state index contributed by atoms with van der Waals surface area (Å²) in [4.78, 5) is 0. The molecule has 1 rings (SSSR count). The van der Waals surface area contributed by atoms with E-state index in [0.717, 1.165) is 0 Å². The van der Waals surface area contributed by atoms with E-state index in [1.54, 1.807) is 0 Å². The highest BCUT2D eigenvalue weighted by atomic mass is 35.7. The molecular formula is C4H9Cl2Si2. The molecule has 0 spiro atoms. The molecule has 0 aromatic heterocycles. The lowest BCUT2D eigenvalue weighted by Gasteiger charge is -2.33. The van der Waals surface area contributed by atoms with E-state index in [1.165, 1.54) is 17.4 Å². The normalized spacial score (nSPS) is 27.4. The van der Waals surface area contributed by atoms with Crippen LogP contribution in [0, 0.1) is 0 Å². The van der Waals surface area contributed by atoms with Crippen LogP contribution in [0.1, 0.15) is 6.92 Å². The molecule has 1 heterocycles. The van der Waals surface area contributed by atoms with Crippen LogP contribution in [0.4, 0.5) is 0 Å². The van der Waals surface area contributed by atoms with Gasteiger partial charge >= 0.3 is 0 Å². The van der Waals surface area contributed by atoms with Gasteiger partial charge in [-0.05, 0) is 11.3 Å². The lowest BCUT2D eigenvalue weighted by Crippen LogP contribution is -2.44. The molecule has 0 unspecified atom stereocenters. The molecule has 1 radical (unpaired) electrons. The van der Waals surface area contributed by atoms with Crippen LogP contribution in [0.25, 0.3) is 0 Å². The highest BCUT2D eigenvalue weighted by Crippen LogP contribution is 2.39. The van der Waals surface area contributed by atoms with Gasteiger partial charge in [-0.1, -0.05) is 13.0 Å². The minimum absolute atomic E-state index is 0.00360. The molecule has 8 heavy (non-hydrogen) atoms. The Morgan fingerprint density at radius 1 is 1.50 bits per heavy atom. The second kappa shape index (κ2) is 2.33. The lowest BCUT2D eigenvalue weighted by atomic mass is 11.0. The molecule has 0 aliphatic carbocycles. The van der Waals surface area contributed by atoms with Gasteiger partial charge in [0.25, 0.3) is 0 Å². The third-order valence-corrected chi connectivity index (χ3v) is 15.5. The Bertz CT molecular complexity index is 86.0. The Hall–Kier alpha value is 1.01. The molecule has 1 aliphatic heterocycles. The Labute approximate surface area is 62.2 Å². The molecule has 0 nitrogen and oxygen atoms in total. The fraction of sp³-hybridized carbons (Fsp3) is 1.00. The first kappa shape index (κ1) is 7.12. The van der Waals surface area contributed by atoms with Crippen LogP contribution >= 0.6 is 22.2 Å². The minimum atomic E-state index is -1.54. The highest BCUT2D eigenvalue weighted by Gasteiger charge is 2.43.